The van der Waals surface area contributed by atoms with E-state index >= 15 is 0 Å². The predicted octanol–water partition coefficient (Wildman–Crippen LogP) is 4.10. The smallest absolute Gasteiger partial charge is 0.227 e. The van der Waals surface area contributed by atoms with E-state index in [1.54, 1.807) is 6.20 Å². The number of carbonyl (C=O) groups excluding carboxylic acids is 1. The zero-order valence-electron chi connectivity index (χ0n) is 12.5. The molecule has 5 heteroatoms. The molecule has 3 rings (SSSR count). The zero-order valence-corrected chi connectivity index (χ0v) is 13.2. The van der Waals surface area contributed by atoms with Gasteiger partial charge in [-0.05, 0) is 30.5 Å². The van der Waals surface area contributed by atoms with E-state index in [9.17, 15) is 4.79 Å². The van der Waals surface area contributed by atoms with Crippen molar-refractivity contribution in [3.8, 4) is 0 Å². The van der Waals surface area contributed by atoms with Crippen molar-refractivity contribution in [3.05, 3.63) is 47.2 Å². The molecule has 0 aliphatic heterocycles. The Balaban J connectivity index is 1.58. The lowest BCUT2D eigenvalue weighted by atomic mass is 9.89. The summed E-state index contributed by atoms with van der Waals surface area (Å²) in [6.45, 7) is 0.663. The van der Waals surface area contributed by atoms with Crippen LogP contribution in [0.1, 0.15) is 37.7 Å². The first kappa shape index (κ1) is 15.1. The molecule has 1 aromatic carbocycles. The lowest BCUT2D eigenvalue weighted by Crippen LogP contribution is -2.24. The van der Waals surface area contributed by atoms with Crippen LogP contribution >= 0.6 is 11.6 Å². The molecule has 2 aromatic rings. The van der Waals surface area contributed by atoms with Crippen LogP contribution < -0.4 is 5.32 Å². The number of hydrogen-bond donors (Lipinski definition) is 1. The number of aromatic nitrogens is 2. The van der Waals surface area contributed by atoms with Crippen molar-refractivity contribution < 1.29 is 4.79 Å². The Kier molecular flexibility index (Phi) is 4.78. The highest BCUT2D eigenvalue weighted by molar-refractivity contribution is 6.30. The molecule has 22 heavy (non-hydrogen) atoms. The second-order valence-corrected chi connectivity index (χ2v) is 6.31. The summed E-state index contributed by atoms with van der Waals surface area (Å²) in [6, 6.07) is 7.69. The van der Waals surface area contributed by atoms with Gasteiger partial charge in [0.1, 0.15) is 0 Å². The van der Waals surface area contributed by atoms with Gasteiger partial charge >= 0.3 is 0 Å². The number of amides is 1. The number of nitrogens with one attached hydrogen (secondary N) is 1. The van der Waals surface area contributed by atoms with Gasteiger partial charge in [-0.3, -0.25) is 9.48 Å². The van der Waals surface area contributed by atoms with E-state index in [1.165, 1.54) is 6.42 Å². The molecule has 0 radical (unpaired) electrons. The molecular formula is C17H20ClN3O. The monoisotopic (exact) mass is 317 g/mol. The van der Waals surface area contributed by atoms with Gasteiger partial charge in [-0.2, -0.15) is 5.10 Å². The summed E-state index contributed by atoms with van der Waals surface area (Å²) in [7, 11) is 0. The number of nitrogens with zero attached hydrogens (tertiary/aromatic N) is 2. The molecule has 116 valence electrons. The molecule has 0 unspecified atom stereocenters. The lowest BCUT2D eigenvalue weighted by molar-refractivity contribution is -0.120. The summed E-state index contributed by atoms with van der Waals surface area (Å²) in [6.07, 6.45) is 9.16. The summed E-state index contributed by atoms with van der Waals surface area (Å²) in [4.78, 5) is 12.2. The third-order valence-electron chi connectivity index (χ3n) is 4.13. The number of anilines is 1. The third kappa shape index (κ3) is 3.89. The highest BCUT2D eigenvalue weighted by Gasteiger charge is 2.21. The SMILES string of the molecule is O=C(Nc1cnn(Cc2ccc(Cl)cc2)c1)C1CCCCC1. The molecule has 1 saturated carbocycles. The van der Waals surface area contributed by atoms with E-state index in [-0.39, 0.29) is 11.8 Å². The molecule has 1 heterocycles. The molecule has 0 atom stereocenters. The minimum atomic E-state index is 0.130. The van der Waals surface area contributed by atoms with E-state index in [4.69, 9.17) is 11.6 Å². The van der Waals surface area contributed by atoms with Gasteiger partial charge in [0.15, 0.2) is 0 Å². The first-order chi connectivity index (χ1) is 10.7. The van der Waals surface area contributed by atoms with Gasteiger partial charge in [0.05, 0.1) is 18.4 Å². The van der Waals surface area contributed by atoms with Gasteiger partial charge in [-0.15, -0.1) is 0 Å². The highest BCUT2D eigenvalue weighted by atomic mass is 35.5. The molecule has 1 aliphatic carbocycles. The van der Waals surface area contributed by atoms with Crippen molar-refractivity contribution in [3.63, 3.8) is 0 Å². The fourth-order valence-electron chi connectivity index (χ4n) is 2.90. The van der Waals surface area contributed by atoms with Crippen molar-refractivity contribution in [2.45, 2.75) is 38.6 Å². The Hall–Kier alpha value is -1.81. The van der Waals surface area contributed by atoms with E-state index in [0.717, 1.165) is 42.0 Å². The molecule has 4 nitrogen and oxygen atoms in total. The third-order valence-corrected chi connectivity index (χ3v) is 4.39. The minimum absolute atomic E-state index is 0.130. The van der Waals surface area contributed by atoms with Crippen LogP contribution in [-0.4, -0.2) is 15.7 Å². The fourth-order valence-corrected chi connectivity index (χ4v) is 3.03. The molecule has 0 bridgehead atoms. The number of halogens is 1. The van der Waals surface area contributed by atoms with Gasteiger partial charge in [0.25, 0.3) is 0 Å². The Bertz CT molecular complexity index is 630. The van der Waals surface area contributed by atoms with Crippen LogP contribution in [0.5, 0.6) is 0 Å². The number of benzene rings is 1. The minimum Gasteiger partial charge on any atom is -0.323 e. The van der Waals surface area contributed by atoms with Crippen LogP contribution in [-0.2, 0) is 11.3 Å². The fraction of sp³-hybridized carbons (Fsp3) is 0.412. The van der Waals surface area contributed by atoms with Crippen molar-refractivity contribution in [2.24, 2.45) is 5.92 Å². The second-order valence-electron chi connectivity index (χ2n) is 5.88. The lowest BCUT2D eigenvalue weighted by Gasteiger charge is -2.20. The maximum Gasteiger partial charge on any atom is 0.227 e. The van der Waals surface area contributed by atoms with E-state index in [1.807, 2.05) is 35.1 Å². The summed E-state index contributed by atoms with van der Waals surface area (Å²) >= 11 is 5.88. The molecule has 1 aromatic heterocycles. The maximum absolute atomic E-state index is 12.2. The summed E-state index contributed by atoms with van der Waals surface area (Å²) in [5.41, 5.74) is 1.89. The van der Waals surface area contributed by atoms with Crippen molar-refractivity contribution >= 4 is 23.2 Å². The first-order valence-corrected chi connectivity index (χ1v) is 8.16. The van der Waals surface area contributed by atoms with E-state index in [0.29, 0.717) is 6.54 Å². The van der Waals surface area contributed by atoms with Crippen LogP contribution in [0.4, 0.5) is 5.69 Å². The van der Waals surface area contributed by atoms with Crippen LogP contribution in [0.25, 0.3) is 0 Å². The second kappa shape index (κ2) is 6.97. The van der Waals surface area contributed by atoms with Crippen LogP contribution in [0.15, 0.2) is 36.7 Å². The quantitative estimate of drug-likeness (QED) is 0.922. The topological polar surface area (TPSA) is 46.9 Å². The Labute approximate surface area is 135 Å². The Morgan fingerprint density at radius 2 is 1.95 bits per heavy atom. The number of rotatable bonds is 4. The first-order valence-electron chi connectivity index (χ1n) is 7.78. The molecule has 0 spiro atoms. The van der Waals surface area contributed by atoms with Gasteiger partial charge in [0, 0.05) is 17.1 Å². The summed E-state index contributed by atoms with van der Waals surface area (Å²) < 4.78 is 1.82. The normalized spacial score (nSPS) is 15.7. The molecule has 1 N–H and O–H groups in total. The maximum atomic E-state index is 12.2. The average Bonchev–Trinajstić information content (AvgIpc) is 2.97. The van der Waals surface area contributed by atoms with Crippen molar-refractivity contribution in [2.75, 3.05) is 5.32 Å². The number of hydrogen-bond acceptors (Lipinski definition) is 2. The van der Waals surface area contributed by atoms with Crippen molar-refractivity contribution in [1.29, 1.82) is 0 Å². The highest BCUT2D eigenvalue weighted by Crippen LogP contribution is 2.24. The van der Waals surface area contributed by atoms with Gasteiger partial charge in [0.2, 0.25) is 5.91 Å². The number of carbonyl (C=O) groups is 1. The van der Waals surface area contributed by atoms with Crippen LogP contribution in [0.2, 0.25) is 5.02 Å². The molecule has 1 aliphatic rings. The largest absolute Gasteiger partial charge is 0.323 e. The van der Waals surface area contributed by atoms with Crippen LogP contribution in [0.3, 0.4) is 0 Å². The molecule has 1 amide bonds. The zero-order chi connectivity index (χ0) is 15.4. The Morgan fingerprint density at radius 1 is 1.23 bits per heavy atom. The van der Waals surface area contributed by atoms with Crippen LogP contribution in [0, 0.1) is 5.92 Å². The molecule has 1 fully saturated rings. The van der Waals surface area contributed by atoms with Gasteiger partial charge < -0.3 is 5.32 Å². The standard InChI is InChI=1S/C17H20ClN3O/c18-15-8-6-13(7-9-15)11-21-12-16(10-19-21)20-17(22)14-4-2-1-3-5-14/h6-10,12,14H,1-5,11H2,(H,20,22). The predicted molar refractivity (Wildman–Crippen MR) is 88.0 cm³/mol. The average molecular weight is 318 g/mol. The summed E-state index contributed by atoms with van der Waals surface area (Å²) in [5, 5.41) is 8.01. The van der Waals surface area contributed by atoms with Crippen molar-refractivity contribution in [1.82, 2.24) is 9.78 Å². The van der Waals surface area contributed by atoms with Gasteiger partial charge in [-0.1, -0.05) is 43.0 Å². The molecular weight excluding hydrogens is 298 g/mol. The Morgan fingerprint density at radius 3 is 2.68 bits per heavy atom. The van der Waals surface area contributed by atoms with Gasteiger partial charge in [-0.25, -0.2) is 0 Å². The van der Waals surface area contributed by atoms with E-state index < -0.39 is 0 Å². The van der Waals surface area contributed by atoms with E-state index in [2.05, 4.69) is 10.4 Å². The molecule has 0 saturated heterocycles. The summed E-state index contributed by atoms with van der Waals surface area (Å²) in [5.74, 6) is 0.291.